The number of carbonyl (C=O) groups is 1. The van der Waals surface area contributed by atoms with Crippen molar-refractivity contribution in [2.24, 2.45) is 5.92 Å². The molecule has 0 radical (unpaired) electrons. The lowest BCUT2D eigenvalue weighted by atomic mass is 10.0. The number of rotatable bonds is 7. The van der Waals surface area contributed by atoms with Crippen molar-refractivity contribution >= 4 is 5.91 Å². The van der Waals surface area contributed by atoms with E-state index < -0.39 is 0 Å². The second-order valence-corrected chi connectivity index (χ2v) is 4.44. The monoisotopic (exact) mass is 214 g/mol. The van der Waals surface area contributed by atoms with E-state index in [4.69, 9.17) is 0 Å². The summed E-state index contributed by atoms with van der Waals surface area (Å²) in [6, 6.07) is 0.330. The minimum absolute atomic E-state index is 0.0936. The quantitative estimate of drug-likeness (QED) is 0.680. The molecule has 0 spiro atoms. The molecule has 0 aromatic rings. The Hall–Kier alpha value is -0.570. The first-order valence-electron chi connectivity index (χ1n) is 6.06. The van der Waals surface area contributed by atoms with E-state index in [1.54, 1.807) is 0 Å². The second-order valence-electron chi connectivity index (χ2n) is 4.44. The van der Waals surface area contributed by atoms with Crippen LogP contribution < -0.4 is 10.6 Å². The molecule has 3 nitrogen and oxygen atoms in total. The van der Waals surface area contributed by atoms with Crippen molar-refractivity contribution in [1.29, 1.82) is 0 Å². The molecule has 0 bridgehead atoms. The topological polar surface area (TPSA) is 41.1 Å². The van der Waals surface area contributed by atoms with Crippen LogP contribution >= 0.6 is 0 Å². The van der Waals surface area contributed by atoms with E-state index in [1.165, 1.54) is 0 Å². The predicted octanol–water partition coefficient (Wildman–Crippen LogP) is 1.93. The van der Waals surface area contributed by atoms with Gasteiger partial charge in [-0.3, -0.25) is 4.79 Å². The van der Waals surface area contributed by atoms with Crippen LogP contribution in [-0.2, 0) is 4.79 Å². The van der Waals surface area contributed by atoms with E-state index >= 15 is 0 Å². The SMILES string of the molecule is CCCNC(=O)C(C)NC(CC)C(C)C. The van der Waals surface area contributed by atoms with E-state index in [9.17, 15) is 4.79 Å². The van der Waals surface area contributed by atoms with Gasteiger partial charge < -0.3 is 10.6 Å². The number of hydrogen-bond acceptors (Lipinski definition) is 2. The fourth-order valence-electron chi connectivity index (χ4n) is 1.58. The molecule has 15 heavy (non-hydrogen) atoms. The molecule has 0 heterocycles. The van der Waals surface area contributed by atoms with Gasteiger partial charge in [0, 0.05) is 12.6 Å². The van der Waals surface area contributed by atoms with E-state index in [0.717, 1.165) is 19.4 Å². The van der Waals surface area contributed by atoms with Crippen molar-refractivity contribution in [3.8, 4) is 0 Å². The van der Waals surface area contributed by atoms with Crippen molar-refractivity contribution < 1.29 is 4.79 Å². The molecule has 0 aromatic heterocycles. The maximum atomic E-state index is 11.6. The highest BCUT2D eigenvalue weighted by Crippen LogP contribution is 2.06. The van der Waals surface area contributed by atoms with Gasteiger partial charge in [0.1, 0.15) is 0 Å². The van der Waals surface area contributed by atoms with E-state index in [2.05, 4.69) is 38.3 Å². The zero-order valence-corrected chi connectivity index (χ0v) is 10.8. The summed E-state index contributed by atoms with van der Waals surface area (Å²) in [5, 5.41) is 6.26. The first-order valence-corrected chi connectivity index (χ1v) is 6.06. The fourth-order valence-corrected chi connectivity index (χ4v) is 1.58. The normalized spacial score (nSPS) is 15.1. The van der Waals surface area contributed by atoms with Crippen LogP contribution in [0.15, 0.2) is 0 Å². The van der Waals surface area contributed by atoms with Gasteiger partial charge in [-0.15, -0.1) is 0 Å². The smallest absolute Gasteiger partial charge is 0.236 e. The van der Waals surface area contributed by atoms with Gasteiger partial charge in [0.25, 0.3) is 0 Å². The summed E-state index contributed by atoms with van der Waals surface area (Å²) >= 11 is 0. The molecule has 1 amide bonds. The van der Waals surface area contributed by atoms with Gasteiger partial charge in [-0.2, -0.15) is 0 Å². The summed E-state index contributed by atoms with van der Waals surface area (Å²) in [6.07, 6.45) is 2.04. The van der Waals surface area contributed by atoms with Crippen LogP contribution in [0.3, 0.4) is 0 Å². The molecule has 0 aromatic carbocycles. The largest absolute Gasteiger partial charge is 0.355 e. The highest BCUT2D eigenvalue weighted by Gasteiger charge is 2.18. The van der Waals surface area contributed by atoms with Crippen LogP contribution in [0.5, 0.6) is 0 Å². The van der Waals surface area contributed by atoms with Gasteiger partial charge in [0.15, 0.2) is 0 Å². The Labute approximate surface area is 94.0 Å². The van der Waals surface area contributed by atoms with E-state index in [0.29, 0.717) is 12.0 Å². The number of nitrogens with one attached hydrogen (secondary N) is 2. The van der Waals surface area contributed by atoms with Gasteiger partial charge in [0.2, 0.25) is 5.91 Å². The lowest BCUT2D eigenvalue weighted by Crippen LogP contribution is -2.48. The Kier molecular flexibility index (Phi) is 7.39. The Morgan fingerprint density at radius 1 is 1.20 bits per heavy atom. The molecule has 2 unspecified atom stereocenters. The Balaban J connectivity index is 3.98. The summed E-state index contributed by atoms with van der Waals surface area (Å²) in [7, 11) is 0. The molecule has 0 aliphatic rings. The molecule has 0 fully saturated rings. The molecular formula is C12H26N2O. The Morgan fingerprint density at radius 3 is 2.20 bits per heavy atom. The number of amides is 1. The molecule has 0 saturated heterocycles. The zero-order chi connectivity index (χ0) is 11.8. The van der Waals surface area contributed by atoms with Crippen LogP contribution in [-0.4, -0.2) is 24.5 Å². The van der Waals surface area contributed by atoms with Crippen molar-refractivity contribution in [2.45, 2.75) is 59.5 Å². The lowest BCUT2D eigenvalue weighted by molar-refractivity contribution is -0.123. The van der Waals surface area contributed by atoms with Crippen LogP contribution in [0.1, 0.15) is 47.5 Å². The molecule has 2 atom stereocenters. The molecule has 90 valence electrons. The van der Waals surface area contributed by atoms with E-state index in [1.807, 2.05) is 6.92 Å². The Bertz CT molecular complexity index is 180. The van der Waals surface area contributed by atoms with Crippen molar-refractivity contribution in [2.75, 3.05) is 6.54 Å². The van der Waals surface area contributed by atoms with E-state index in [-0.39, 0.29) is 11.9 Å². The van der Waals surface area contributed by atoms with Crippen molar-refractivity contribution in [3.63, 3.8) is 0 Å². The molecule has 0 rings (SSSR count). The van der Waals surface area contributed by atoms with Gasteiger partial charge in [-0.05, 0) is 25.7 Å². The highest BCUT2D eigenvalue weighted by molar-refractivity contribution is 5.81. The third-order valence-electron chi connectivity index (χ3n) is 2.65. The molecule has 0 saturated carbocycles. The molecule has 0 aliphatic carbocycles. The zero-order valence-electron chi connectivity index (χ0n) is 10.8. The summed E-state index contributed by atoms with van der Waals surface area (Å²) in [5.74, 6) is 0.673. The maximum Gasteiger partial charge on any atom is 0.236 e. The lowest BCUT2D eigenvalue weighted by Gasteiger charge is -2.24. The van der Waals surface area contributed by atoms with Gasteiger partial charge in [-0.25, -0.2) is 0 Å². The van der Waals surface area contributed by atoms with Crippen LogP contribution in [0.4, 0.5) is 0 Å². The third kappa shape index (κ3) is 5.78. The van der Waals surface area contributed by atoms with Gasteiger partial charge in [0.05, 0.1) is 6.04 Å². The predicted molar refractivity (Wildman–Crippen MR) is 64.8 cm³/mol. The standard InChI is InChI=1S/C12H26N2O/c1-6-8-13-12(15)10(5)14-11(7-2)9(3)4/h9-11,14H,6-8H2,1-5H3,(H,13,15). The number of hydrogen-bond donors (Lipinski definition) is 2. The molecular weight excluding hydrogens is 188 g/mol. The minimum Gasteiger partial charge on any atom is -0.355 e. The minimum atomic E-state index is -0.0936. The molecule has 3 heteroatoms. The Morgan fingerprint density at radius 2 is 1.80 bits per heavy atom. The first kappa shape index (κ1) is 14.4. The van der Waals surface area contributed by atoms with Crippen LogP contribution in [0, 0.1) is 5.92 Å². The fraction of sp³-hybridized carbons (Fsp3) is 0.917. The summed E-state index contributed by atoms with van der Waals surface area (Å²) in [4.78, 5) is 11.6. The second kappa shape index (κ2) is 7.69. The van der Waals surface area contributed by atoms with Gasteiger partial charge in [-0.1, -0.05) is 27.7 Å². The molecule has 2 N–H and O–H groups in total. The van der Waals surface area contributed by atoms with Crippen molar-refractivity contribution in [3.05, 3.63) is 0 Å². The first-order chi connectivity index (χ1) is 7.02. The van der Waals surface area contributed by atoms with Gasteiger partial charge >= 0.3 is 0 Å². The number of carbonyl (C=O) groups excluding carboxylic acids is 1. The summed E-state index contributed by atoms with van der Waals surface area (Å²) < 4.78 is 0. The third-order valence-corrected chi connectivity index (χ3v) is 2.65. The van der Waals surface area contributed by atoms with Crippen molar-refractivity contribution in [1.82, 2.24) is 10.6 Å². The summed E-state index contributed by atoms with van der Waals surface area (Å²) in [5.41, 5.74) is 0. The highest BCUT2D eigenvalue weighted by atomic mass is 16.2. The average Bonchev–Trinajstić information content (AvgIpc) is 2.21. The maximum absolute atomic E-state index is 11.6. The average molecular weight is 214 g/mol. The summed E-state index contributed by atoms with van der Waals surface area (Å²) in [6.45, 7) is 11.3. The van der Waals surface area contributed by atoms with Crippen LogP contribution in [0.25, 0.3) is 0 Å². The molecule has 0 aliphatic heterocycles. The van der Waals surface area contributed by atoms with Crippen LogP contribution in [0.2, 0.25) is 0 Å².